The van der Waals surface area contributed by atoms with Crippen LogP contribution < -0.4 is 5.73 Å². The Morgan fingerprint density at radius 2 is 1.53 bits per heavy atom. The predicted molar refractivity (Wildman–Crippen MR) is 57.0 cm³/mol. The molecule has 82 valence electrons. The molecule has 0 bridgehead atoms. The van der Waals surface area contributed by atoms with Crippen LogP contribution in [0.15, 0.2) is 0 Å². The van der Waals surface area contributed by atoms with E-state index in [0.29, 0.717) is 0 Å². The third kappa shape index (κ3) is 31.5. The number of carboxylic acid groups (broad SMARTS) is 1. The van der Waals surface area contributed by atoms with Crippen molar-refractivity contribution in [1.82, 2.24) is 0 Å². The van der Waals surface area contributed by atoms with Crippen LogP contribution in [0.5, 0.6) is 0 Å². The summed E-state index contributed by atoms with van der Waals surface area (Å²) in [5.74, 6) is -1.18. The maximum atomic E-state index is 9.86. The van der Waals surface area contributed by atoms with E-state index in [-0.39, 0.29) is 51.4 Å². The Hall–Kier alpha value is 0.00636. The second-order valence-electron chi connectivity index (χ2n) is 2.05. The van der Waals surface area contributed by atoms with E-state index >= 15 is 0 Å². The summed E-state index contributed by atoms with van der Waals surface area (Å²) in [6.45, 7) is 4.19. The molecule has 0 saturated carbocycles. The second-order valence-corrected chi connectivity index (χ2v) is 2.05. The molecule has 0 aromatic heterocycles. The SMILES string of the molecule is CC#N.CC#N.C[C@@H](O)[C@H](N)C(=O)O.[KH]. The minimum atomic E-state index is -1.18. The number of rotatable bonds is 2. The van der Waals surface area contributed by atoms with Crippen LogP contribution in [0.2, 0.25) is 0 Å². The van der Waals surface area contributed by atoms with Gasteiger partial charge in [-0.15, -0.1) is 0 Å². The van der Waals surface area contributed by atoms with Gasteiger partial charge in [0.05, 0.1) is 18.2 Å². The van der Waals surface area contributed by atoms with Crippen molar-refractivity contribution in [2.24, 2.45) is 5.73 Å². The second kappa shape index (κ2) is 19.6. The fourth-order valence-corrected chi connectivity index (χ4v) is 0.206. The van der Waals surface area contributed by atoms with E-state index in [4.69, 9.17) is 26.5 Å². The molecule has 0 aromatic rings. The van der Waals surface area contributed by atoms with Gasteiger partial charge in [0.2, 0.25) is 0 Å². The van der Waals surface area contributed by atoms with Crippen LogP contribution in [-0.4, -0.2) is 79.7 Å². The summed E-state index contributed by atoms with van der Waals surface area (Å²) < 4.78 is 0. The van der Waals surface area contributed by atoms with Gasteiger partial charge in [-0.3, -0.25) is 4.79 Å². The Morgan fingerprint density at radius 3 is 1.53 bits per heavy atom. The quantitative estimate of drug-likeness (QED) is 0.542. The summed E-state index contributed by atoms with van der Waals surface area (Å²) in [6.07, 6.45) is -0.979. The molecule has 0 aliphatic carbocycles. The van der Waals surface area contributed by atoms with E-state index in [1.54, 1.807) is 12.1 Å². The Labute approximate surface area is 132 Å². The summed E-state index contributed by atoms with van der Waals surface area (Å²) in [6, 6.07) is 2.34. The predicted octanol–water partition coefficient (Wildman–Crippen LogP) is -0.810. The molecule has 0 saturated heterocycles. The molecule has 0 aliphatic heterocycles. The van der Waals surface area contributed by atoms with E-state index in [2.05, 4.69) is 0 Å². The molecule has 15 heavy (non-hydrogen) atoms. The van der Waals surface area contributed by atoms with Crippen LogP contribution in [0.3, 0.4) is 0 Å². The number of nitrogens with two attached hydrogens (primary N) is 1. The van der Waals surface area contributed by atoms with Crippen LogP contribution in [0.25, 0.3) is 0 Å². The monoisotopic (exact) mass is 241 g/mol. The van der Waals surface area contributed by atoms with Gasteiger partial charge in [0, 0.05) is 13.8 Å². The van der Waals surface area contributed by atoms with E-state index in [1.807, 2.05) is 0 Å². The zero-order valence-electron chi connectivity index (χ0n) is 8.43. The average Bonchev–Trinajstić information content (AvgIpc) is 2.05. The van der Waals surface area contributed by atoms with Crippen molar-refractivity contribution < 1.29 is 15.0 Å². The van der Waals surface area contributed by atoms with E-state index < -0.39 is 18.1 Å². The molecule has 0 spiro atoms. The van der Waals surface area contributed by atoms with E-state index in [9.17, 15) is 4.79 Å². The first kappa shape index (κ1) is 24.3. The van der Waals surface area contributed by atoms with Crippen LogP contribution in [0.1, 0.15) is 20.8 Å². The van der Waals surface area contributed by atoms with Crippen molar-refractivity contribution in [1.29, 1.82) is 10.5 Å². The molecule has 0 heterocycles. The number of hydrogen-bond acceptors (Lipinski definition) is 5. The van der Waals surface area contributed by atoms with Gasteiger partial charge >= 0.3 is 57.4 Å². The van der Waals surface area contributed by atoms with Crippen LogP contribution in [0, 0.1) is 22.7 Å². The molecule has 0 rings (SSSR count). The molecule has 4 N–H and O–H groups in total. The molecule has 0 aromatic carbocycles. The fourth-order valence-electron chi connectivity index (χ4n) is 0.206. The first-order chi connectivity index (χ1) is 6.38. The first-order valence-corrected chi connectivity index (χ1v) is 3.67. The van der Waals surface area contributed by atoms with E-state index in [0.717, 1.165) is 0 Å². The van der Waals surface area contributed by atoms with Crippen molar-refractivity contribution in [2.75, 3.05) is 0 Å². The van der Waals surface area contributed by atoms with Gasteiger partial charge in [0.1, 0.15) is 6.04 Å². The molecule has 0 fully saturated rings. The third-order valence-corrected chi connectivity index (χ3v) is 0.805. The fraction of sp³-hybridized carbons (Fsp3) is 0.625. The van der Waals surface area contributed by atoms with Crippen molar-refractivity contribution in [3.63, 3.8) is 0 Å². The Morgan fingerprint density at radius 1 is 1.33 bits per heavy atom. The molecule has 0 unspecified atom stereocenters. The number of nitrogens with zero attached hydrogens (tertiary/aromatic N) is 2. The van der Waals surface area contributed by atoms with Gasteiger partial charge in [-0.1, -0.05) is 0 Å². The Balaban J connectivity index is -0.0000000733. The number of aliphatic carboxylic acids is 1. The zero-order valence-corrected chi connectivity index (χ0v) is 8.43. The Bertz CT molecular complexity index is 208. The molecule has 0 amide bonds. The average molecular weight is 241 g/mol. The summed E-state index contributed by atoms with van der Waals surface area (Å²) in [5.41, 5.74) is 4.91. The summed E-state index contributed by atoms with van der Waals surface area (Å²) in [7, 11) is 0. The Kier molecular flexibility index (Phi) is 31.7. The van der Waals surface area contributed by atoms with Gasteiger partial charge in [0.25, 0.3) is 0 Å². The number of aliphatic hydroxyl groups excluding tert-OH is 1. The van der Waals surface area contributed by atoms with Gasteiger partial charge in [-0.05, 0) is 6.92 Å². The summed E-state index contributed by atoms with van der Waals surface area (Å²) in [4.78, 5) is 9.86. The van der Waals surface area contributed by atoms with Crippen molar-refractivity contribution in [3.8, 4) is 12.1 Å². The topological polar surface area (TPSA) is 131 Å². The molecule has 7 heteroatoms. The number of aliphatic hydroxyl groups is 1. The normalized spacial score (nSPS) is 10.3. The van der Waals surface area contributed by atoms with Crippen molar-refractivity contribution in [3.05, 3.63) is 0 Å². The van der Waals surface area contributed by atoms with Crippen molar-refractivity contribution in [2.45, 2.75) is 32.9 Å². The summed E-state index contributed by atoms with van der Waals surface area (Å²) in [5, 5.41) is 31.2. The van der Waals surface area contributed by atoms with Gasteiger partial charge < -0.3 is 15.9 Å². The molecule has 0 aliphatic rings. The standard InChI is InChI=1S/C4H9NO3.2C2H3N.K.H/c1-2(6)3(5)4(7)8;2*1-2-3;;/h2-3,6H,5H2,1H3,(H,7,8);2*1H3;;/t2-,3+;;;;/m1..../s1. The summed E-state index contributed by atoms with van der Waals surface area (Å²) >= 11 is 0. The third-order valence-electron chi connectivity index (χ3n) is 0.805. The van der Waals surface area contributed by atoms with Crippen molar-refractivity contribution >= 4 is 57.4 Å². The molecular formula is C8H16KN3O3. The molecular weight excluding hydrogens is 225 g/mol. The minimum absolute atomic E-state index is 0. The number of carboxylic acids is 1. The first-order valence-electron chi connectivity index (χ1n) is 3.67. The van der Waals surface area contributed by atoms with Gasteiger partial charge in [0.15, 0.2) is 0 Å². The van der Waals surface area contributed by atoms with E-state index in [1.165, 1.54) is 20.8 Å². The molecule has 6 nitrogen and oxygen atoms in total. The number of hydrogen-bond donors (Lipinski definition) is 3. The zero-order chi connectivity index (χ0) is 12.1. The van der Waals surface area contributed by atoms with Gasteiger partial charge in [-0.2, -0.15) is 10.5 Å². The number of nitriles is 2. The van der Waals surface area contributed by atoms with Crippen LogP contribution in [-0.2, 0) is 4.79 Å². The van der Waals surface area contributed by atoms with Gasteiger partial charge in [-0.25, -0.2) is 0 Å². The molecule has 0 radical (unpaired) electrons. The van der Waals surface area contributed by atoms with Crippen LogP contribution in [0.4, 0.5) is 0 Å². The maximum absolute atomic E-state index is 9.86. The van der Waals surface area contributed by atoms with Crippen LogP contribution >= 0.6 is 0 Å². The number of carbonyl (C=O) groups is 1. The molecule has 2 atom stereocenters.